The minimum Gasteiger partial charge on any atom is -0.367 e. The van der Waals surface area contributed by atoms with Crippen LogP contribution in [-0.4, -0.2) is 21.8 Å². The van der Waals surface area contributed by atoms with E-state index < -0.39 is 5.60 Å². The van der Waals surface area contributed by atoms with Crippen molar-refractivity contribution in [1.82, 2.24) is 15.2 Å². The van der Waals surface area contributed by atoms with Crippen LogP contribution < -0.4 is 0 Å². The van der Waals surface area contributed by atoms with Crippen molar-refractivity contribution in [3.63, 3.8) is 0 Å². The van der Waals surface area contributed by atoms with Crippen molar-refractivity contribution in [2.45, 2.75) is 43.6 Å². The van der Waals surface area contributed by atoms with Gasteiger partial charge in [-0.25, -0.2) is 4.98 Å². The molecule has 2 heterocycles. The molecule has 1 saturated heterocycles. The van der Waals surface area contributed by atoms with Gasteiger partial charge < -0.3 is 4.74 Å². The van der Waals surface area contributed by atoms with Crippen molar-refractivity contribution in [3.05, 3.63) is 47.0 Å². The third-order valence-corrected chi connectivity index (χ3v) is 5.72. The molecule has 116 valence electrons. The number of H-pyrrole nitrogens is 1. The number of hydrogen-bond acceptors (Lipinski definition) is 3. The fraction of sp³-hybridized carbons (Fsp3) is 0.529. The van der Waals surface area contributed by atoms with E-state index in [0.29, 0.717) is 5.92 Å². The lowest BCUT2D eigenvalue weighted by Crippen LogP contribution is -2.46. The molecule has 1 aromatic carbocycles. The van der Waals surface area contributed by atoms with Crippen LogP contribution in [0.2, 0.25) is 5.02 Å². The lowest BCUT2D eigenvalue weighted by Gasteiger charge is -2.44. The molecule has 0 amide bonds. The van der Waals surface area contributed by atoms with Crippen molar-refractivity contribution in [1.29, 1.82) is 0 Å². The fourth-order valence-electron chi connectivity index (χ4n) is 4.18. The molecule has 5 heteroatoms. The molecule has 1 N–H and O–H groups in total. The van der Waals surface area contributed by atoms with Gasteiger partial charge in [0, 0.05) is 23.0 Å². The van der Waals surface area contributed by atoms with Crippen LogP contribution >= 0.6 is 11.6 Å². The van der Waals surface area contributed by atoms with Gasteiger partial charge in [-0.15, -0.1) is 0 Å². The van der Waals surface area contributed by atoms with E-state index in [-0.39, 0.29) is 5.41 Å². The van der Waals surface area contributed by atoms with Gasteiger partial charge in [-0.3, -0.25) is 5.10 Å². The Hall–Kier alpha value is -1.39. The van der Waals surface area contributed by atoms with E-state index >= 15 is 0 Å². The zero-order chi connectivity index (χ0) is 15.2. The second-order valence-corrected chi connectivity index (χ2v) is 7.08. The SMILES string of the molecule is CC1(c2ncn[nH]2)OCCCC1C1(c2ccc(Cl)cc2)CC1. The molecule has 0 radical (unpaired) electrons. The van der Waals surface area contributed by atoms with Gasteiger partial charge in [0.15, 0.2) is 5.82 Å². The molecular formula is C17H20ClN3O. The van der Waals surface area contributed by atoms with Crippen molar-refractivity contribution in [2.24, 2.45) is 5.92 Å². The first-order valence-corrected chi connectivity index (χ1v) is 8.29. The number of aromatic amines is 1. The molecule has 1 aliphatic carbocycles. The summed E-state index contributed by atoms with van der Waals surface area (Å²) in [6.45, 7) is 2.94. The summed E-state index contributed by atoms with van der Waals surface area (Å²) in [6, 6.07) is 8.33. The van der Waals surface area contributed by atoms with E-state index in [0.717, 1.165) is 30.3 Å². The van der Waals surface area contributed by atoms with Crippen molar-refractivity contribution < 1.29 is 4.74 Å². The number of nitrogens with one attached hydrogen (secondary N) is 1. The van der Waals surface area contributed by atoms with Gasteiger partial charge in [0.2, 0.25) is 0 Å². The largest absolute Gasteiger partial charge is 0.367 e. The monoisotopic (exact) mass is 317 g/mol. The average Bonchev–Trinajstić information content (AvgIpc) is 3.12. The Labute approximate surface area is 135 Å². The van der Waals surface area contributed by atoms with E-state index in [1.165, 1.54) is 18.4 Å². The minimum absolute atomic E-state index is 0.187. The third kappa shape index (κ3) is 2.09. The molecule has 22 heavy (non-hydrogen) atoms. The standard InChI is InChI=1S/C17H20ClN3O/c1-16(15-19-11-20-21-15)14(3-2-10-22-16)17(8-9-17)12-4-6-13(18)7-5-12/h4-7,11,14H,2-3,8-10H2,1H3,(H,19,20,21). The van der Waals surface area contributed by atoms with Crippen LogP contribution in [-0.2, 0) is 15.8 Å². The van der Waals surface area contributed by atoms with Crippen LogP contribution in [0.1, 0.15) is 44.0 Å². The van der Waals surface area contributed by atoms with Crippen molar-refractivity contribution in [2.75, 3.05) is 6.61 Å². The molecule has 2 fully saturated rings. The van der Waals surface area contributed by atoms with Gasteiger partial charge >= 0.3 is 0 Å². The number of aromatic nitrogens is 3. The highest BCUT2D eigenvalue weighted by Crippen LogP contribution is 2.61. The normalized spacial score (nSPS) is 30.2. The molecule has 4 nitrogen and oxygen atoms in total. The van der Waals surface area contributed by atoms with E-state index in [1.807, 2.05) is 12.1 Å². The maximum atomic E-state index is 6.23. The summed E-state index contributed by atoms with van der Waals surface area (Å²) in [5.74, 6) is 1.25. The lowest BCUT2D eigenvalue weighted by molar-refractivity contribution is -0.129. The summed E-state index contributed by atoms with van der Waals surface area (Å²) in [5.41, 5.74) is 1.16. The third-order valence-electron chi connectivity index (χ3n) is 5.46. The first-order valence-electron chi connectivity index (χ1n) is 7.91. The molecule has 1 aromatic heterocycles. The van der Waals surface area contributed by atoms with Crippen LogP contribution in [0.15, 0.2) is 30.6 Å². The molecule has 4 rings (SSSR count). The molecule has 1 saturated carbocycles. The predicted octanol–water partition coefficient (Wildman–Crippen LogP) is 3.83. The Morgan fingerprint density at radius 2 is 2.05 bits per heavy atom. The van der Waals surface area contributed by atoms with Gasteiger partial charge in [0.1, 0.15) is 11.9 Å². The van der Waals surface area contributed by atoms with Gasteiger partial charge in [0.05, 0.1) is 0 Å². The fourth-order valence-corrected chi connectivity index (χ4v) is 4.31. The predicted molar refractivity (Wildman–Crippen MR) is 84.8 cm³/mol. The summed E-state index contributed by atoms with van der Waals surface area (Å²) < 4.78 is 6.23. The highest BCUT2D eigenvalue weighted by atomic mass is 35.5. The second kappa shape index (κ2) is 5.07. The molecule has 0 bridgehead atoms. The highest BCUT2D eigenvalue weighted by molar-refractivity contribution is 6.30. The smallest absolute Gasteiger partial charge is 0.156 e. The van der Waals surface area contributed by atoms with Crippen molar-refractivity contribution in [3.8, 4) is 0 Å². The van der Waals surface area contributed by atoms with E-state index in [9.17, 15) is 0 Å². The summed E-state index contributed by atoms with van der Waals surface area (Å²) in [7, 11) is 0. The lowest BCUT2D eigenvalue weighted by atomic mass is 9.69. The number of nitrogens with zero attached hydrogens (tertiary/aromatic N) is 2. The number of rotatable bonds is 3. The zero-order valence-corrected chi connectivity index (χ0v) is 13.4. The van der Waals surface area contributed by atoms with Gasteiger partial charge in [-0.1, -0.05) is 23.7 Å². The topological polar surface area (TPSA) is 50.8 Å². The van der Waals surface area contributed by atoms with Gasteiger partial charge in [-0.2, -0.15) is 5.10 Å². The summed E-state index contributed by atoms with van der Waals surface area (Å²) in [6.07, 6.45) is 6.22. The Kier molecular flexibility index (Phi) is 3.27. The Bertz CT molecular complexity index is 651. The Balaban J connectivity index is 1.74. The second-order valence-electron chi connectivity index (χ2n) is 6.65. The van der Waals surface area contributed by atoms with Crippen LogP contribution in [0.25, 0.3) is 0 Å². The molecule has 2 aromatic rings. The van der Waals surface area contributed by atoms with E-state index in [4.69, 9.17) is 16.3 Å². The zero-order valence-electron chi connectivity index (χ0n) is 12.7. The van der Waals surface area contributed by atoms with Crippen LogP contribution in [0, 0.1) is 5.92 Å². The first kappa shape index (κ1) is 14.2. The van der Waals surface area contributed by atoms with Crippen LogP contribution in [0.3, 0.4) is 0 Å². The Morgan fingerprint density at radius 1 is 1.27 bits per heavy atom. The Morgan fingerprint density at radius 3 is 2.68 bits per heavy atom. The number of halogens is 1. The van der Waals surface area contributed by atoms with Crippen LogP contribution in [0.5, 0.6) is 0 Å². The molecule has 2 unspecified atom stereocenters. The minimum atomic E-state index is -0.398. The average molecular weight is 318 g/mol. The maximum Gasteiger partial charge on any atom is 0.156 e. The van der Waals surface area contributed by atoms with Crippen molar-refractivity contribution >= 4 is 11.6 Å². The molecule has 1 aliphatic heterocycles. The number of benzene rings is 1. The van der Waals surface area contributed by atoms with Gasteiger partial charge in [0.25, 0.3) is 0 Å². The van der Waals surface area contributed by atoms with E-state index in [2.05, 4.69) is 34.2 Å². The summed E-state index contributed by atoms with van der Waals surface area (Å²) in [4.78, 5) is 4.40. The number of ether oxygens (including phenoxy) is 1. The number of hydrogen-bond donors (Lipinski definition) is 1. The summed E-state index contributed by atoms with van der Waals surface area (Å²) >= 11 is 6.06. The summed E-state index contributed by atoms with van der Waals surface area (Å²) in [5, 5.41) is 7.85. The molecule has 2 atom stereocenters. The first-order chi connectivity index (χ1) is 10.7. The molecule has 2 aliphatic rings. The van der Waals surface area contributed by atoms with E-state index in [1.54, 1.807) is 6.33 Å². The molecular weight excluding hydrogens is 298 g/mol. The van der Waals surface area contributed by atoms with Crippen LogP contribution in [0.4, 0.5) is 0 Å². The highest BCUT2D eigenvalue weighted by Gasteiger charge is 2.59. The van der Waals surface area contributed by atoms with Gasteiger partial charge in [-0.05, 0) is 50.3 Å². The quantitative estimate of drug-likeness (QED) is 0.936. The molecule has 0 spiro atoms. The maximum absolute atomic E-state index is 6.23.